The highest BCUT2D eigenvalue weighted by atomic mass is 35.5. The number of halogens is 1. The van der Waals surface area contributed by atoms with E-state index in [1.165, 1.54) is 43.7 Å². The van der Waals surface area contributed by atoms with E-state index >= 15 is 0 Å². The number of hydrogen-bond acceptors (Lipinski definition) is 6. The van der Waals surface area contributed by atoms with E-state index in [0.717, 1.165) is 0 Å². The van der Waals surface area contributed by atoms with Gasteiger partial charge in [0.2, 0.25) is 0 Å². The standard InChI is InChI=1S/C22H21ClN2O6S/c1-30-18-6-3-2-5-15(18)13-24-21(26)22(27)25-14-20(19-7-4-12-31-19)32(28,29)17-10-8-16(23)9-11-17/h2-12,20H,13-14H2,1H3,(H,24,26)(H,25,27)/t20-/m1/s1. The van der Waals surface area contributed by atoms with Crippen molar-refractivity contribution in [3.05, 3.63) is 83.3 Å². The molecule has 0 unspecified atom stereocenters. The molecule has 2 N–H and O–H groups in total. The molecule has 0 saturated heterocycles. The van der Waals surface area contributed by atoms with Gasteiger partial charge in [0.05, 0.1) is 18.3 Å². The molecular weight excluding hydrogens is 456 g/mol. The first-order valence-corrected chi connectivity index (χ1v) is 11.5. The van der Waals surface area contributed by atoms with Gasteiger partial charge in [-0.2, -0.15) is 0 Å². The summed E-state index contributed by atoms with van der Waals surface area (Å²) in [5, 5.41) is 4.02. The van der Waals surface area contributed by atoms with Crippen LogP contribution in [0, 0.1) is 0 Å². The lowest BCUT2D eigenvalue weighted by molar-refractivity contribution is -0.139. The number of hydrogen-bond donors (Lipinski definition) is 2. The number of carbonyl (C=O) groups is 2. The zero-order chi connectivity index (χ0) is 23.1. The van der Waals surface area contributed by atoms with Crippen molar-refractivity contribution in [2.45, 2.75) is 16.7 Å². The zero-order valence-electron chi connectivity index (χ0n) is 17.1. The van der Waals surface area contributed by atoms with E-state index in [1.54, 1.807) is 30.3 Å². The van der Waals surface area contributed by atoms with Gasteiger partial charge >= 0.3 is 11.8 Å². The lowest BCUT2D eigenvalue weighted by atomic mass is 10.2. The highest BCUT2D eigenvalue weighted by Crippen LogP contribution is 2.29. The second-order valence-corrected chi connectivity index (χ2v) is 9.27. The summed E-state index contributed by atoms with van der Waals surface area (Å²) in [5.74, 6) is -1.17. The molecule has 8 nitrogen and oxygen atoms in total. The highest BCUT2D eigenvalue weighted by molar-refractivity contribution is 7.91. The minimum atomic E-state index is -3.94. The van der Waals surface area contributed by atoms with E-state index in [-0.39, 0.29) is 23.7 Å². The smallest absolute Gasteiger partial charge is 0.309 e. The molecule has 10 heteroatoms. The third kappa shape index (κ3) is 5.49. The molecule has 0 aliphatic heterocycles. The SMILES string of the molecule is COc1ccccc1CNC(=O)C(=O)NC[C@H](c1ccco1)S(=O)(=O)c1ccc(Cl)cc1. The number of ether oxygens (including phenoxy) is 1. The average Bonchev–Trinajstić information content (AvgIpc) is 3.32. The number of nitrogens with one attached hydrogen (secondary N) is 2. The molecule has 0 aliphatic carbocycles. The summed E-state index contributed by atoms with van der Waals surface area (Å²) in [6, 6.07) is 15.7. The maximum atomic E-state index is 13.1. The lowest BCUT2D eigenvalue weighted by Crippen LogP contribution is -2.42. The Kier molecular flexibility index (Phi) is 7.55. The van der Waals surface area contributed by atoms with Gasteiger partial charge < -0.3 is 19.8 Å². The monoisotopic (exact) mass is 476 g/mol. The van der Waals surface area contributed by atoms with Crippen LogP contribution in [0.3, 0.4) is 0 Å². The van der Waals surface area contributed by atoms with E-state index in [0.29, 0.717) is 16.3 Å². The summed E-state index contributed by atoms with van der Waals surface area (Å²) in [7, 11) is -2.44. The first-order valence-electron chi connectivity index (χ1n) is 9.53. The fourth-order valence-electron chi connectivity index (χ4n) is 3.00. The molecule has 168 valence electrons. The summed E-state index contributed by atoms with van der Waals surface area (Å²) >= 11 is 5.85. The van der Waals surface area contributed by atoms with E-state index < -0.39 is 26.9 Å². The number of benzene rings is 2. The predicted octanol–water partition coefficient (Wildman–Crippen LogP) is 2.89. The van der Waals surface area contributed by atoms with Gasteiger partial charge in [-0.05, 0) is 42.5 Å². The van der Waals surface area contributed by atoms with Crippen LogP contribution in [0.2, 0.25) is 5.02 Å². The second-order valence-electron chi connectivity index (χ2n) is 6.71. The molecule has 0 fully saturated rings. The van der Waals surface area contributed by atoms with Crippen molar-refractivity contribution in [1.29, 1.82) is 0 Å². The molecule has 1 aromatic heterocycles. The van der Waals surface area contributed by atoms with Crippen molar-refractivity contribution >= 4 is 33.3 Å². The molecule has 1 atom stereocenters. The molecule has 2 aromatic carbocycles. The summed E-state index contributed by atoms with van der Waals surface area (Å²) in [6.45, 7) is -0.291. The Hall–Kier alpha value is -3.30. The van der Waals surface area contributed by atoms with Crippen molar-refractivity contribution in [3.8, 4) is 5.75 Å². The first-order chi connectivity index (χ1) is 15.3. The Bertz CT molecular complexity index is 1180. The minimum Gasteiger partial charge on any atom is -0.496 e. The normalized spacial score (nSPS) is 12.1. The fraction of sp³-hybridized carbons (Fsp3) is 0.182. The van der Waals surface area contributed by atoms with Gasteiger partial charge in [-0.3, -0.25) is 9.59 Å². The number of para-hydroxylation sites is 1. The molecular formula is C22H21ClN2O6S. The summed E-state index contributed by atoms with van der Waals surface area (Å²) in [5.41, 5.74) is 0.690. The van der Waals surface area contributed by atoms with Crippen LogP contribution in [-0.4, -0.2) is 33.9 Å². The van der Waals surface area contributed by atoms with Crippen LogP contribution in [0.5, 0.6) is 5.75 Å². The molecule has 0 bridgehead atoms. The van der Waals surface area contributed by atoms with E-state index in [4.69, 9.17) is 20.8 Å². The van der Waals surface area contributed by atoms with Gasteiger partial charge in [0.25, 0.3) is 0 Å². The number of methoxy groups -OCH3 is 1. The van der Waals surface area contributed by atoms with Crippen molar-refractivity contribution in [2.75, 3.05) is 13.7 Å². The highest BCUT2D eigenvalue weighted by Gasteiger charge is 2.32. The molecule has 0 saturated carbocycles. The Morgan fingerprint density at radius 1 is 1.00 bits per heavy atom. The predicted molar refractivity (Wildman–Crippen MR) is 118 cm³/mol. The molecule has 32 heavy (non-hydrogen) atoms. The maximum absolute atomic E-state index is 13.1. The summed E-state index contributed by atoms with van der Waals surface area (Å²) in [6.07, 6.45) is 1.33. The third-order valence-corrected chi connectivity index (χ3v) is 6.99. The quantitative estimate of drug-likeness (QED) is 0.483. The number of amides is 2. The number of furan rings is 1. The Labute approximate surface area is 190 Å². The van der Waals surface area contributed by atoms with Gasteiger partial charge in [-0.1, -0.05) is 29.8 Å². The van der Waals surface area contributed by atoms with Crippen LogP contribution >= 0.6 is 11.6 Å². The van der Waals surface area contributed by atoms with Crippen molar-refractivity contribution in [3.63, 3.8) is 0 Å². The molecule has 3 rings (SSSR count). The maximum Gasteiger partial charge on any atom is 0.309 e. The van der Waals surface area contributed by atoms with Gasteiger partial charge in [-0.15, -0.1) is 0 Å². The first kappa shape index (κ1) is 23.4. The van der Waals surface area contributed by atoms with Crippen LogP contribution in [0.15, 0.2) is 76.2 Å². The third-order valence-electron chi connectivity index (χ3n) is 4.66. The Balaban J connectivity index is 1.69. The van der Waals surface area contributed by atoms with Crippen molar-refractivity contribution < 1.29 is 27.2 Å². The van der Waals surface area contributed by atoms with Crippen LogP contribution < -0.4 is 15.4 Å². The molecule has 2 amide bonds. The van der Waals surface area contributed by atoms with Crippen LogP contribution in [-0.2, 0) is 26.0 Å². The van der Waals surface area contributed by atoms with Crippen LogP contribution in [0.25, 0.3) is 0 Å². The van der Waals surface area contributed by atoms with Crippen LogP contribution in [0.1, 0.15) is 16.6 Å². The van der Waals surface area contributed by atoms with Gasteiger partial charge in [0.15, 0.2) is 9.84 Å². The largest absolute Gasteiger partial charge is 0.496 e. The lowest BCUT2D eigenvalue weighted by Gasteiger charge is -2.17. The molecule has 0 aliphatic rings. The number of carbonyl (C=O) groups excluding carboxylic acids is 2. The van der Waals surface area contributed by atoms with Crippen molar-refractivity contribution in [2.24, 2.45) is 0 Å². The average molecular weight is 477 g/mol. The minimum absolute atomic E-state index is 0.0122. The Morgan fingerprint density at radius 2 is 1.69 bits per heavy atom. The summed E-state index contributed by atoms with van der Waals surface area (Å²) in [4.78, 5) is 24.5. The summed E-state index contributed by atoms with van der Waals surface area (Å²) < 4.78 is 36.8. The number of sulfone groups is 1. The van der Waals surface area contributed by atoms with Crippen LogP contribution in [0.4, 0.5) is 0 Å². The fourth-order valence-corrected chi connectivity index (χ4v) is 4.71. The second kappa shape index (κ2) is 10.3. The molecule has 0 radical (unpaired) electrons. The molecule has 0 spiro atoms. The van der Waals surface area contributed by atoms with Gasteiger partial charge in [0.1, 0.15) is 16.8 Å². The zero-order valence-corrected chi connectivity index (χ0v) is 18.7. The van der Waals surface area contributed by atoms with E-state index in [1.807, 2.05) is 0 Å². The topological polar surface area (TPSA) is 115 Å². The van der Waals surface area contributed by atoms with Gasteiger partial charge in [0, 0.05) is 23.7 Å². The molecule has 1 heterocycles. The van der Waals surface area contributed by atoms with E-state index in [2.05, 4.69) is 10.6 Å². The molecule has 3 aromatic rings. The van der Waals surface area contributed by atoms with Gasteiger partial charge in [-0.25, -0.2) is 8.42 Å². The van der Waals surface area contributed by atoms with Crippen molar-refractivity contribution in [1.82, 2.24) is 10.6 Å². The Morgan fingerprint density at radius 3 is 2.34 bits per heavy atom. The number of rotatable bonds is 8. The van der Waals surface area contributed by atoms with E-state index in [9.17, 15) is 18.0 Å².